The van der Waals surface area contributed by atoms with E-state index in [1.165, 1.54) is 18.2 Å². The van der Waals surface area contributed by atoms with Crippen molar-refractivity contribution in [2.45, 2.75) is 25.7 Å². The number of ether oxygens (including phenoxy) is 1. The molecule has 0 heterocycles. The zero-order valence-corrected chi connectivity index (χ0v) is 9.41. The Morgan fingerprint density at radius 3 is 2.53 bits per heavy atom. The molecule has 1 aliphatic carbocycles. The lowest BCUT2D eigenvalue weighted by Gasteiger charge is -2.11. The summed E-state index contributed by atoms with van der Waals surface area (Å²) in [5.74, 6) is -0.0386. The number of esters is 1. The summed E-state index contributed by atoms with van der Waals surface area (Å²) in [5, 5.41) is 0. The van der Waals surface area contributed by atoms with E-state index in [-0.39, 0.29) is 17.3 Å². The highest BCUT2D eigenvalue weighted by molar-refractivity contribution is 5.78. The van der Waals surface area contributed by atoms with Crippen LogP contribution in [0.25, 0.3) is 0 Å². The summed E-state index contributed by atoms with van der Waals surface area (Å²) in [4.78, 5) is 11.4. The molecule has 1 fully saturated rings. The van der Waals surface area contributed by atoms with Crippen molar-refractivity contribution in [3.05, 3.63) is 35.4 Å². The van der Waals surface area contributed by atoms with Gasteiger partial charge in [0, 0.05) is 5.41 Å². The second-order valence-electron chi connectivity index (χ2n) is 4.56. The second kappa shape index (κ2) is 3.37. The highest BCUT2D eigenvalue weighted by atomic mass is 16.5. The van der Waals surface area contributed by atoms with Gasteiger partial charge in [0.1, 0.15) is 0 Å². The van der Waals surface area contributed by atoms with Gasteiger partial charge in [0.25, 0.3) is 0 Å². The Kier molecular flexibility index (Phi) is 2.29. The Morgan fingerprint density at radius 1 is 1.40 bits per heavy atom. The number of benzene rings is 1. The van der Waals surface area contributed by atoms with Crippen LogP contribution in [0.4, 0.5) is 0 Å². The molecule has 1 aliphatic rings. The molecule has 0 aromatic heterocycles. The van der Waals surface area contributed by atoms with Crippen LogP contribution in [0.3, 0.4) is 0 Å². The van der Waals surface area contributed by atoms with E-state index in [0.29, 0.717) is 0 Å². The van der Waals surface area contributed by atoms with Crippen LogP contribution in [0.5, 0.6) is 0 Å². The molecule has 1 aromatic carbocycles. The van der Waals surface area contributed by atoms with E-state index >= 15 is 0 Å². The van der Waals surface area contributed by atoms with Crippen LogP contribution in [-0.4, -0.2) is 13.1 Å². The van der Waals surface area contributed by atoms with Crippen LogP contribution >= 0.6 is 0 Å². The van der Waals surface area contributed by atoms with Gasteiger partial charge in [0.05, 0.1) is 13.0 Å². The zero-order chi connectivity index (χ0) is 11.1. The maximum absolute atomic E-state index is 11.4. The third kappa shape index (κ3) is 1.65. The molecule has 0 N–H and O–H groups in total. The maximum atomic E-state index is 11.4. The second-order valence-corrected chi connectivity index (χ2v) is 4.56. The number of carbonyl (C=O) groups excluding carboxylic acids is 1. The molecule has 0 bridgehead atoms. The van der Waals surface area contributed by atoms with E-state index in [0.717, 1.165) is 6.42 Å². The third-order valence-corrected chi connectivity index (χ3v) is 3.43. The Hall–Kier alpha value is -1.31. The van der Waals surface area contributed by atoms with Crippen molar-refractivity contribution in [1.82, 2.24) is 0 Å². The minimum atomic E-state index is -0.0851. The van der Waals surface area contributed by atoms with E-state index in [2.05, 4.69) is 38.1 Å². The summed E-state index contributed by atoms with van der Waals surface area (Å²) in [5.41, 5.74) is 2.49. The highest BCUT2D eigenvalue weighted by Gasteiger charge is 2.56. The lowest BCUT2D eigenvalue weighted by molar-refractivity contribution is -0.142. The molecule has 0 aliphatic heterocycles. The van der Waals surface area contributed by atoms with E-state index in [1.807, 2.05) is 0 Å². The Morgan fingerprint density at radius 2 is 2.00 bits per heavy atom. The molecule has 2 atom stereocenters. The molecule has 0 saturated heterocycles. The SMILES string of the molecule is COC(=O)C1CC1(C)c1ccc(C)cc1. The van der Waals surface area contributed by atoms with Gasteiger partial charge >= 0.3 is 5.97 Å². The van der Waals surface area contributed by atoms with Crippen LogP contribution in [-0.2, 0) is 14.9 Å². The van der Waals surface area contributed by atoms with Crippen molar-refractivity contribution in [3.63, 3.8) is 0 Å². The summed E-state index contributed by atoms with van der Waals surface area (Å²) in [6.07, 6.45) is 0.905. The first-order chi connectivity index (χ1) is 7.08. The third-order valence-electron chi connectivity index (χ3n) is 3.43. The number of carbonyl (C=O) groups is 1. The fourth-order valence-corrected chi connectivity index (χ4v) is 2.10. The minimum Gasteiger partial charge on any atom is -0.469 e. The van der Waals surface area contributed by atoms with Crippen LogP contribution < -0.4 is 0 Å². The summed E-state index contributed by atoms with van der Waals surface area (Å²) >= 11 is 0. The summed E-state index contributed by atoms with van der Waals surface area (Å²) in [6, 6.07) is 8.40. The molecule has 2 rings (SSSR count). The minimum absolute atomic E-state index is 0.000787. The highest BCUT2D eigenvalue weighted by Crippen LogP contribution is 2.54. The van der Waals surface area contributed by atoms with Gasteiger partial charge in [0.2, 0.25) is 0 Å². The largest absolute Gasteiger partial charge is 0.469 e. The topological polar surface area (TPSA) is 26.3 Å². The van der Waals surface area contributed by atoms with Gasteiger partial charge in [-0.15, -0.1) is 0 Å². The van der Waals surface area contributed by atoms with E-state index in [4.69, 9.17) is 4.74 Å². The van der Waals surface area contributed by atoms with Crippen molar-refractivity contribution in [3.8, 4) is 0 Å². The van der Waals surface area contributed by atoms with Crippen molar-refractivity contribution < 1.29 is 9.53 Å². The lowest BCUT2D eigenvalue weighted by atomic mass is 9.95. The fourth-order valence-electron chi connectivity index (χ4n) is 2.10. The van der Waals surface area contributed by atoms with Gasteiger partial charge in [-0.1, -0.05) is 36.8 Å². The fraction of sp³-hybridized carbons (Fsp3) is 0.462. The molecule has 80 valence electrons. The van der Waals surface area contributed by atoms with Crippen molar-refractivity contribution >= 4 is 5.97 Å². The normalized spacial score (nSPS) is 28.6. The summed E-state index contributed by atoms with van der Waals surface area (Å²) in [7, 11) is 1.45. The van der Waals surface area contributed by atoms with Crippen LogP contribution in [0.15, 0.2) is 24.3 Å². The molecule has 1 saturated carbocycles. The van der Waals surface area contributed by atoms with E-state index in [1.54, 1.807) is 0 Å². The molecule has 2 heteroatoms. The maximum Gasteiger partial charge on any atom is 0.309 e. The first-order valence-electron chi connectivity index (χ1n) is 5.23. The van der Waals surface area contributed by atoms with Gasteiger partial charge in [-0.25, -0.2) is 0 Å². The van der Waals surface area contributed by atoms with Gasteiger partial charge < -0.3 is 4.74 Å². The lowest BCUT2D eigenvalue weighted by Crippen LogP contribution is -2.12. The standard InChI is InChI=1S/C13H16O2/c1-9-4-6-10(7-5-9)13(2)8-11(13)12(14)15-3/h4-7,11H,8H2,1-3H3. The Bertz CT molecular complexity index is 380. The predicted molar refractivity (Wildman–Crippen MR) is 58.7 cm³/mol. The Balaban J connectivity index is 2.19. The number of hydrogen-bond donors (Lipinski definition) is 0. The molecule has 0 spiro atoms. The van der Waals surface area contributed by atoms with Crippen molar-refractivity contribution in [1.29, 1.82) is 0 Å². The molecular formula is C13H16O2. The molecule has 2 nitrogen and oxygen atoms in total. The zero-order valence-electron chi connectivity index (χ0n) is 9.41. The van der Waals surface area contributed by atoms with Gasteiger partial charge in [-0.05, 0) is 18.9 Å². The Labute approximate surface area is 90.3 Å². The average molecular weight is 204 g/mol. The van der Waals surface area contributed by atoms with Gasteiger partial charge in [-0.2, -0.15) is 0 Å². The first kappa shape index (κ1) is 10.2. The van der Waals surface area contributed by atoms with Gasteiger partial charge in [0.15, 0.2) is 0 Å². The number of rotatable bonds is 2. The monoisotopic (exact) mass is 204 g/mol. The van der Waals surface area contributed by atoms with Crippen LogP contribution in [0, 0.1) is 12.8 Å². The molecule has 15 heavy (non-hydrogen) atoms. The van der Waals surface area contributed by atoms with Crippen molar-refractivity contribution in [2.75, 3.05) is 7.11 Å². The quantitative estimate of drug-likeness (QED) is 0.692. The number of hydrogen-bond acceptors (Lipinski definition) is 2. The van der Waals surface area contributed by atoms with Gasteiger partial charge in [-0.3, -0.25) is 4.79 Å². The van der Waals surface area contributed by atoms with Crippen LogP contribution in [0.1, 0.15) is 24.5 Å². The molecule has 2 unspecified atom stereocenters. The summed E-state index contributed by atoms with van der Waals surface area (Å²) < 4.78 is 4.78. The first-order valence-corrected chi connectivity index (χ1v) is 5.23. The number of methoxy groups -OCH3 is 1. The van der Waals surface area contributed by atoms with E-state index < -0.39 is 0 Å². The predicted octanol–water partition coefficient (Wildman–Crippen LogP) is 2.45. The average Bonchev–Trinajstić information content (AvgIpc) is 2.92. The molecular weight excluding hydrogens is 188 g/mol. The van der Waals surface area contributed by atoms with Crippen molar-refractivity contribution in [2.24, 2.45) is 5.92 Å². The molecule has 0 radical (unpaired) electrons. The molecule has 1 aromatic rings. The number of aryl methyl sites for hydroxylation is 1. The van der Waals surface area contributed by atoms with Crippen LogP contribution in [0.2, 0.25) is 0 Å². The van der Waals surface area contributed by atoms with E-state index in [9.17, 15) is 4.79 Å². The smallest absolute Gasteiger partial charge is 0.309 e. The summed E-state index contributed by atoms with van der Waals surface area (Å²) in [6.45, 7) is 4.19. The molecule has 0 amide bonds.